The minimum absolute atomic E-state index is 0. The van der Waals surface area contributed by atoms with Crippen LogP contribution in [0.3, 0.4) is 0 Å². The first-order chi connectivity index (χ1) is 7.16. The van der Waals surface area contributed by atoms with Crippen LogP contribution in [0.25, 0.3) is 0 Å². The Morgan fingerprint density at radius 1 is 1.19 bits per heavy atom. The number of benzene rings is 1. The van der Waals surface area contributed by atoms with Crippen LogP contribution in [0.1, 0.15) is 30.9 Å². The Morgan fingerprint density at radius 2 is 1.88 bits per heavy atom. The summed E-state index contributed by atoms with van der Waals surface area (Å²) >= 11 is 12.0. The molecule has 1 rings (SSSR count). The molecule has 0 heterocycles. The van der Waals surface area contributed by atoms with Crippen molar-refractivity contribution in [3.05, 3.63) is 33.8 Å². The Bertz CT molecular complexity index is 318. The molecule has 0 aliphatic heterocycles. The molecule has 0 radical (unpaired) electrons. The van der Waals surface area contributed by atoms with Gasteiger partial charge in [-0.2, -0.15) is 0 Å². The predicted molar refractivity (Wildman–Crippen MR) is 73.5 cm³/mol. The van der Waals surface area contributed by atoms with E-state index >= 15 is 0 Å². The van der Waals surface area contributed by atoms with E-state index in [1.807, 2.05) is 12.1 Å². The van der Waals surface area contributed by atoms with Crippen molar-refractivity contribution in [2.75, 3.05) is 6.54 Å². The molecule has 92 valence electrons. The molecule has 0 saturated carbocycles. The lowest BCUT2D eigenvalue weighted by molar-refractivity contribution is 0.591. The molecule has 2 nitrogen and oxygen atoms in total. The smallest absolute Gasteiger partial charge is 0.0639 e. The molecule has 4 N–H and O–H groups in total. The van der Waals surface area contributed by atoms with E-state index in [1.54, 1.807) is 6.07 Å². The monoisotopic (exact) mass is 282 g/mol. The van der Waals surface area contributed by atoms with Gasteiger partial charge in [-0.15, -0.1) is 12.4 Å². The summed E-state index contributed by atoms with van der Waals surface area (Å²) in [6.45, 7) is 0.704. The topological polar surface area (TPSA) is 52.0 Å². The fourth-order valence-corrected chi connectivity index (χ4v) is 1.92. The van der Waals surface area contributed by atoms with Crippen LogP contribution in [0.5, 0.6) is 0 Å². The van der Waals surface area contributed by atoms with Crippen molar-refractivity contribution < 1.29 is 0 Å². The molecule has 0 spiro atoms. The average molecular weight is 284 g/mol. The molecule has 0 bridgehead atoms. The van der Waals surface area contributed by atoms with Crippen molar-refractivity contribution in [2.24, 2.45) is 11.5 Å². The van der Waals surface area contributed by atoms with Crippen molar-refractivity contribution >= 4 is 35.6 Å². The van der Waals surface area contributed by atoms with E-state index in [-0.39, 0.29) is 18.4 Å². The summed E-state index contributed by atoms with van der Waals surface area (Å²) in [7, 11) is 0. The molecule has 0 unspecified atom stereocenters. The molecule has 1 aromatic carbocycles. The first kappa shape index (κ1) is 16.0. The minimum Gasteiger partial charge on any atom is -0.330 e. The van der Waals surface area contributed by atoms with Crippen molar-refractivity contribution in [1.29, 1.82) is 0 Å². The third-order valence-electron chi connectivity index (χ3n) is 2.35. The summed E-state index contributed by atoms with van der Waals surface area (Å²) < 4.78 is 0. The van der Waals surface area contributed by atoms with Gasteiger partial charge < -0.3 is 11.5 Å². The summed E-state index contributed by atoms with van der Waals surface area (Å²) in [4.78, 5) is 0. The van der Waals surface area contributed by atoms with Gasteiger partial charge in [0.15, 0.2) is 0 Å². The molecule has 1 aromatic rings. The van der Waals surface area contributed by atoms with Crippen LogP contribution >= 0.6 is 35.6 Å². The molecule has 0 aliphatic carbocycles. The van der Waals surface area contributed by atoms with Crippen LogP contribution in [-0.4, -0.2) is 6.54 Å². The number of hydrogen-bond donors (Lipinski definition) is 2. The SMILES string of the molecule is Cl.NCCCC[C@H](N)c1cccc(Cl)c1Cl. The lowest BCUT2D eigenvalue weighted by atomic mass is 10.0. The van der Waals surface area contributed by atoms with Crippen molar-refractivity contribution in [2.45, 2.75) is 25.3 Å². The Labute approximate surface area is 113 Å². The minimum atomic E-state index is -0.0530. The first-order valence-electron chi connectivity index (χ1n) is 5.06. The van der Waals surface area contributed by atoms with Gasteiger partial charge in [0, 0.05) is 6.04 Å². The fraction of sp³-hybridized carbons (Fsp3) is 0.455. The highest BCUT2D eigenvalue weighted by Gasteiger charge is 2.11. The Kier molecular flexibility index (Phi) is 8.16. The highest BCUT2D eigenvalue weighted by molar-refractivity contribution is 6.42. The third kappa shape index (κ3) is 4.48. The van der Waals surface area contributed by atoms with Gasteiger partial charge in [-0.3, -0.25) is 0 Å². The Morgan fingerprint density at radius 3 is 2.50 bits per heavy atom. The van der Waals surface area contributed by atoms with E-state index in [0.29, 0.717) is 16.6 Å². The second-order valence-electron chi connectivity index (χ2n) is 3.53. The standard InChI is InChI=1S/C11H16Cl2N2.ClH/c12-9-5-3-4-8(11(9)13)10(15)6-1-2-7-14;/h3-5,10H,1-2,6-7,14-15H2;1H/t10-;/m0./s1. The summed E-state index contributed by atoms with van der Waals surface area (Å²) in [6, 6.07) is 5.50. The average Bonchev–Trinajstić information content (AvgIpc) is 2.22. The number of unbranched alkanes of at least 4 members (excludes halogenated alkanes) is 1. The second-order valence-corrected chi connectivity index (χ2v) is 4.32. The largest absolute Gasteiger partial charge is 0.330 e. The van der Waals surface area contributed by atoms with Crippen LogP contribution in [0.2, 0.25) is 10.0 Å². The van der Waals surface area contributed by atoms with Crippen molar-refractivity contribution in [3.63, 3.8) is 0 Å². The van der Waals surface area contributed by atoms with Gasteiger partial charge in [-0.1, -0.05) is 41.8 Å². The fourth-order valence-electron chi connectivity index (χ4n) is 1.47. The second kappa shape index (κ2) is 8.15. The number of hydrogen-bond acceptors (Lipinski definition) is 2. The molecule has 5 heteroatoms. The predicted octanol–water partition coefficient (Wildman–Crippen LogP) is 3.54. The van der Waals surface area contributed by atoms with Crippen LogP contribution in [0.4, 0.5) is 0 Å². The van der Waals surface area contributed by atoms with Crippen molar-refractivity contribution in [3.8, 4) is 0 Å². The molecule has 0 amide bonds. The van der Waals surface area contributed by atoms with Crippen LogP contribution in [-0.2, 0) is 0 Å². The van der Waals surface area contributed by atoms with E-state index in [2.05, 4.69) is 0 Å². The van der Waals surface area contributed by atoms with E-state index in [0.717, 1.165) is 24.8 Å². The summed E-state index contributed by atoms with van der Waals surface area (Å²) in [5, 5.41) is 1.13. The van der Waals surface area contributed by atoms with Gasteiger partial charge in [0.2, 0.25) is 0 Å². The van der Waals surface area contributed by atoms with Gasteiger partial charge in [-0.05, 0) is 31.0 Å². The van der Waals surface area contributed by atoms with E-state index in [4.69, 9.17) is 34.7 Å². The highest BCUT2D eigenvalue weighted by Crippen LogP contribution is 2.30. The van der Waals surface area contributed by atoms with Gasteiger partial charge in [-0.25, -0.2) is 0 Å². The number of nitrogens with two attached hydrogens (primary N) is 2. The maximum Gasteiger partial charge on any atom is 0.0639 e. The molecule has 0 saturated heterocycles. The maximum atomic E-state index is 6.06. The normalized spacial score (nSPS) is 12.0. The lowest BCUT2D eigenvalue weighted by Gasteiger charge is -2.13. The van der Waals surface area contributed by atoms with Crippen LogP contribution in [0, 0.1) is 0 Å². The summed E-state index contributed by atoms with van der Waals surface area (Å²) in [5.74, 6) is 0. The zero-order chi connectivity index (χ0) is 11.3. The van der Waals surface area contributed by atoms with Crippen LogP contribution < -0.4 is 11.5 Å². The third-order valence-corrected chi connectivity index (χ3v) is 3.18. The first-order valence-corrected chi connectivity index (χ1v) is 5.82. The summed E-state index contributed by atoms with van der Waals surface area (Å²) in [5.41, 5.74) is 12.4. The van der Waals surface area contributed by atoms with Gasteiger partial charge in [0.05, 0.1) is 10.0 Å². The molecule has 0 aromatic heterocycles. The zero-order valence-electron chi connectivity index (χ0n) is 8.96. The van der Waals surface area contributed by atoms with Crippen LogP contribution in [0.15, 0.2) is 18.2 Å². The quantitative estimate of drug-likeness (QED) is 0.812. The molecular weight excluding hydrogens is 266 g/mol. The Hall–Kier alpha value is 0.01000. The van der Waals surface area contributed by atoms with Gasteiger partial charge in [0.1, 0.15) is 0 Å². The zero-order valence-corrected chi connectivity index (χ0v) is 11.3. The molecule has 16 heavy (non-hydrogen) atoms. The molecule has 0 aliphatic rings. The van der Waals surface area contributed by atoms with E-state index in [9.17, 15) is 0 Å². The highest BCUT2D eigenvalue weighted by atomic mass is 35.5. The number of halogens is 3. The molecular formula is C11H17Cl3N2. The molecule has 1 atom stereocenters. The Balaban J connectivity index is 0.00000225. The van der Waals surface area contributed by atoms with Gasteiger partial charge in [0.25, 0.3) is 0 Å². The molecule has 0 fully saturated rings. The lowest BCUT2D eigenvalue weighted by Crippen LogP contribution is -2.11. The van der Waals surface area contributed by atoms with E-state index in [1.165, 1.54) is 0 Å². The van der Waals surface area contributed by atoms with Crippen molar-refractivity contribution in [1.82, 2.24) is 0 Å². The number of rotatable bonds is 5. The van der Waals surface area contributed by atoms with Gasteiger partial charge >= 0.3 is 0 Å². The summed E-state index contributed by atoms with van der Waals surface area (Å²) in [6.07, 6.45) is 2.89. The maximum absolute atomic E-state index is 6.06. The van der Waals surface area contributed by atoms with E-state index < -0.39 is 0 Å².